The molecule has 0 bridgehead atoms. The molecule has 2 aliphatic carbocycles. The van der Waals surface area contributed by atoms with Crippen molar-refractivity contribution in [3.8, 4) is 0 Å². The Morgan fingerprint density at radius 3 is 2.67 bits per heavy atom. The molecule has 4 unspecified atom stereocenters. The molecule has 1 aliphatic heterocycles. The van der Waals surface area contributed by atoms with Crippen LogP contribution in [0.4, 0.5) is 23.2 Å². The molecule has 0 radical (unpaired) electrons. The van der Waals surface area contributed by atoms with Gasteiger partial charge in [-0.3, -0.25) is 0 Å². The molecule has 7 heteroatoms. The van der Waals surface area contributed by atoms with Crippen molar-refractivity contribution in [3.63, 3.8) is 0 Å². The predicted octanol–water partition coefficient (Wildman–Crippen LogP) is 6.28. The van der Waals surface area contributed by atoms with Gasteiger partial charge < -0.3 is 5.32 Å². The summed E-state index contributed by atoms with van der Waals surface area (Å²) >= 11 is 1.39. The monoisotopic (exact) mass is 436 g/mol. The highest BCUT2D eigenvalue weighted by Crippen LogP contribution is 2.46. The van der Waals surface area contributed by atoms with Crippen molar-refractivity contribution in [2.24, 2.45) is 5.41 Å². The minimum Gasteiger partial charge on any atom is -0.356 e. The lowest BCUT2D eigenvalue weighted by Crippen LogP contribution is -2.42. The fraction of sp³-hybridized carbons (Fsp3) is 0.391. The third kappa shape index (κ3) is 4.37. The molecule has 1 saturated heterocycles. The topological polar surface area (TPSA) is 15.3 Å². The van der Waals surface area contributed by atoms with Crippen LogP contribution in [0.15, 0.2) is 72.2 Å². The zero-order valence-corrected chi connectivity index (χ0v) is 17.3. The number of nitrogens with zero attached hydrogens (tertiary/aromatic N) is 1. The Labute approximate surface area is 178 Å². The summed E-state index contributed by atoms with van der Waals surface area (Å²) in [7, 11) is 0. The molecule has 1 N–H and O–H groups in total. The zero-order valence-electron chi connectivity index (χ0n) is 16.5. The van der Waals surface area contributed by atoms with E-state index in [1.807, 2.05) is 6.08 Å². The van der Waals surface area contributed by atoms with Gasteiger partial charge in [0.15, 0.2) is 6.17 Å². The number of hydrogen-bond acceptors (Lipinski definition) is 3. The number of anilines is 1. The van der Waals surface area contributed by atoms with Gasteiger partial charge in [0.25, 0.3) is 0 Å². The Kier molecular flexibility index (Phi) is 6.11. The molecule has 2 nitrogen and oxygen atoms in total. The number of rotatable bonds is 5. The third-order valence-electron chi connectivity index (χ3n) is 5.94. The average Bonchev–Trinajstić information content (AvgIpc) is 2.73. The second-order valence-corrected chi connectivity index (χ2v) is 9.32. The lowest BCUT2D eigenvalue weighted by molar-refractivity contribution is 0.155. The van der Waals surface area contributed by atoms with Crippen LogP contribution in [0.2, 0.25) is 0 Å². The van der Waals surface area contributed by atoms with Gasteiger partial charge in [0.05, 0.1) is 0 Å². The molecular formula is C23H24F4N2S. The number of halogens is 4. The van der Waals surface area contributed by atoms with E-state index in [1.54, 1.807) is 12.1 Å². The molecule has 1 aromatic carbocycles. The summed E-state index contributed by atoms with van der Waals surface area (Å²) in [5.74, 6) is -1.28. The molecule has 1 aromatic rings. The molecule has 3 aliphatic rings. The second kappa shape index (κ2) is 8.63. The van der Waals surface area contributed by atoms with Crippen molar-refractivity contribution < 1.29 is 17.6 Å². The highest BCUT2D eigenvalue weighted by molar-refractivity contribution is 7.97. The summed E-state index contributed by atoms with van der Waals surface area (Å²) in [6.07, 6.45) is 4.96. The van der Waals surface area contributed by atoms with Crippen LogP contribution in [-0.2, 0) is 0 Å². The van der Waals surface area contributed by atoms with E-state index < -0.39 is 23.4 Å². The van der Waals surface area contributed by atoms with E-state index in [1.165, 1.54) is 35.7 Å². The number of nitrogens with one attached hydrogen (secondary N) is 1. The average molecular weight is 437 g/mol. The van der Waals surface area contributed by atoms with Gasteiger partial charge in [-0.2, -0.15) is 0 Å². The quantitative estimate of drug-likeness (QED) is 0.332. The van der Waals surface area contributed by atoms with Gasteiger partial charge in [0.2, 0.25) is 0 Å². The van der Waals surface area contributed by atoms with Gasteiger partial charge in [0.1, 0.15) is 17.8 Å². The summed E-state index contributed by atoms with van der Waals surface area (Å²) in [5.41, 5.74) is 2.78. The number of piperidine rings is 1. The van der Waals surface area contributed by atoms with Crippen LogP contribution in [0.1, 0.15) is 19.3 Å². The summed E-state index contributed by atoms with van der Waals surface area (Å²) in [6.45, 7) is 5.45. The van der Waals surface area contributed by atoms with Crippen LogP contribution in [0.5, 0.6) is 0 Å². The van der Waals surface area contributed by atoms with Crippen molar-refractivity contribution in [3.05, 3.63) is 78.1 Å². The Balaban J connectivity index is 1.43. The fourth-order valence-corrected chi connectivity index (χ4v) is 5.56. The van der Waals surface area contributed by atoms with E-state index >= 15 is 0 Å². The van der Waals surface area contributed by atoms with Crippen LogP contribution >= 0.6 is 11.9 Å². The van der Waals surface area contributed by atoms with Crippen molar-refractivity contribution >= 4 is 17.6 Å². The third-order valence-corrected chi connectivity index (χ3v) is 7.15. The maximum Gasteiger partial charge on any atom is 0.182 e. The van der Waals surface area contributed by atoms with Crippen LogP contribution in [0.3, 0.4) is 0 Å². The molecule has 1 fully saturated rings. The molecule has 0 aromatic heterocycles. The number of hydrogen-bond donors (Lipinski definition) is 1. The first-order valence-corrected chi connectivity index (χ1v) is 10.9. The normalized spacial score (nSPS) is 31.9. The zero-order chi connectivity index (χ0) is 21.3. The maximum atomic E-state index is 13.7. The van der Waals surface area contributed by atoms with E-state index in [2.05, 4.69) is 28.4 Å². The van der Waals surface area contributed by atoms with E-state index in [4.69, 9.17) is 0 Å². The number of benzene rings is 1. The summed E-state index contributed by atoms with van der Waals surface area (Å²) in [4.78, 5) is 0. The lowest BCUT2D eigenvalue weighted by Gasteiger charge is -2.45. The van der Waals surface area contributed by atoms with Gasteiger partial charge in [-0.05, 0) is 55.7 Å². The van der Waals surface area contributed by atoms with E-state index in [0.29, 0.717) is 6.54 Å². The highest BCUT2D eigenvalue weighted by Gasteiger charge is 2.40. The lowest BCUT2D eigenvalue weighted by atomic mass is 9.71. The van der Waals surface area contributed by atoms with Crippen LogP contribution in [-0.4, -0.2) is 35.0 Å². The minimum absolute atomic E-state index is 0.0226. The van der Waals surface area contributed by atoms with E-state index in [9.17, 15) is 17.6 Å². The first kappa shape index (κ1) is 21.2. The second-order valence-electron chi connectivity index (χ2n) is 7.99. The van der Waals surface area contributed by atoms with Crippen molar-refractivity contribution in [1.29, 1.82) is 0 Å². The molecular weight excluding hydrogens is 412 g/mol. The number of allylic oxidation sites excluding steroid dienone is 3. The molecule has 0 spiro atoms. The Morgan fingerprint density at radius 1 is 1.20 bits per heavy atom. The molecule has 0 saturated carbocycles. The van der Waals surface area contributed by atoms with Crippen molar-refractivity contribution in [1.82, 2.24) is 4.31 Å². The molecule has 160 valence electrons. The van der Waals surface area contributed by atoms with Crippen molar-refractivity contribution in [2.75, 3.05) is 18.4 Å². The molecule has 0 amide bonds. The standard InChI is InChI=1S/C23H24F4N2S/c1-2-23-9-7-18(28-17-5-3-16(24)4-6-17)11-15(23)8-10-29(14-23)30-19-12-20(25)22(27)21(26)13-19/h2-7,11-12,19,21-22,28H,1,8-10,13-14H2. The van der Waals surface area contributed by atoms with E-state index in [-0.39, 0.29) is 17.7 Å². The smallest absolute Gasteiger partial charge is 0.182 e. The van der Waals surface area contributed by atoms with Crippen LogP contribution < -0.4 is 5.32 Å². The van der Waals surface area contributed by atoms with Crippen molar-refractivity contribution in [2.45, 2.75) is 36.9 Å². The minimum atomic E-state index is -2.13. The molecule has 4 rings (SSSR count). The molecule has 30 heavy (non-hydrogen) atoms. The largest absolute Gasteiger partial charge is 0.356 e. The van der Waals surface area contributed by atoms with Crippen LogP contribution in [0.25, 0.3) is 0 Å². The van der Waals surface area contributed by atoms with Gasteiger partial charge in [-0.15, -0.1) is 6.58 Å². The molecule has 1 heterocycles. The predicted molar refractivity (Wildman–Crippen MR) is 115 cm³/mol. The first-order valence-electron chi connectivity index (χ1n) is 10.0. The SMILES string of the molecule is C=CC12CC=C(Nc3ccc(F)cc3)C=C1CCN(SC1C=C(F)C(F)C(F)C1)C2. The number of alkyl halides is 2. The number of fused-ring (bicyclic) bond motifs is 1. The van der Waals surface area contributed by atoms with Gasteiger partial charge >= 0.3 is 0 Å². The first-order chi connectivity index (χ1) is 14.4. The summed E-state index contributed by atoms with van der Waals surface area (Å²) in [6, 6.07) is 6.22. The molecule has 4 atom stereocenters. The van der Waals surface area contributed by atoms with Gasteiger partial charge in [-0.1, -0.05) is 29.7 Å². The Morgan fingerprint density at radius 2 is 1.97 bits per heavy atom. The Hall–Kier alpha value is -1.99. The van der Waals surface area contributed by atoms with Crippen LogP contribution in [0, 0.1) is 11.2 Å². The maximum absolute atomic E-state index is 13.7. The van der Waals surface area contributed by atoms with E-state index in [0.717, 1.165) is 30.8 Å². The summed E-state index contributed by atoms with van der Waals surface area (Å²) < 4.78 is 56.0. The fourth-order valence-electron chi connectivity index (χ4n) is 4.21. The van der Waals surface area contributed by atoms with Gasteiger partial charge in [-0.25, -0.2) is 21.9 Å². The van der Waals surface area contributed by atoms with Gasteiger partial charge in [0, 0.05) is 35.1 Å². The Bertz CT molecular complexity index is 895. The highest BCUT2D eigenvalue weighted by atomic mass is 32.2. The summed E-state index contributed by atoms with van der Waals surface area (Å²) in [5, 5.41) is 2.90.